The van der Waals surface area contributed by atoms with Crippen LogP contribution in [0.5, 0.6) is 5.88 Å². The molecule has 1 heterocycles. The molecule has 0 aliphatic rings. The van der Waals surface area contributed by atoms with Crippen molar-refractivity contribution in [1.29, 1.82) is 0 Å². The molecular weight excluding hydrogens is 170 g/mol. The zero-order valence-electron chi connectivity index (χ0n) is 6.20. The van der Waals surface area contributed by atoms with Gasteiger partial charge in [0, 0.05) is 19.2 Å². The number of nitrogens with zero attached hydrogens (tertiary/aromatic N) is 2. The molecule has 4 nitrogen and oxygen atoms in total. The summed E-state index contributed by atoms with van der Waals surface area (Å²) in [7, 11) is 0. The first-order valence-electron chi connectivity index (χ1n) is 3.11. The van der Waals surface area contributed by atoms with Gasteiger partial charge in [0.1, 0.15) is 0 Å². The molecule has 0 saturated heterocycles. The van der Waals surface area contributed by atoms with Crippen molar-refractivity contribution in [3.63, 3.8) is 0 Å². The molecule has 0 radical (unpaired) electrons. The van der Waals surface area contributed by atoms with Crippen LogP contribution in [0.15, 0.2) is 12.3 Å². The van der Waals surface area contributed by atoms with Gasteiger partial charge in [-0.25, -0.2) is 4.68 Å². The summed E-state index contributed by atoms with van der Waals surface area (Å²) in [6.07, 6.45) is 1.25. The van der Waals surface area contributed by atoms with E-state index in [1.54, 1.807) is 0 Å². The summed E-state index contributed by atoms with van der Waals surface area (Å²) in [6.45, 7) is -1.65. The van der Waals surface area contributed by atoms with Gasteiger partial charge in [-0.2, -0.15) is 8.78 Å². The van der Waals surface area contributed by atoms with Crippen LogP contribution in [0.25, 0.3) is 0 Å². The van der Waals surface area contributed by atoms with E-state index in [4.69, 9.17) is 0 Å². The fourth-order valence-electron chi connectivity index (χ4n) is 0.637. The van der Waals surface area contributed by atoms with Gasteiger partial charge in [-0.05, 0) is 0 Å². The molecule has 1 rings (SSSR count). The normalized spacial score (nSPS) is 10.3. The zero-order chi connectivity index (χ0) is 9.14. The number of hydrogen-bond acceptors (Lipinski definition) is 3. The van der Waals surface area contributed by atoms with Crippen molar-refractivity contribution >= 4 is 5.91 Å². The maximum Gasteiger partial charge on any atom is 0.388 e. The van der Waals surface area contributed by atoms with E-state index >= 15 is 0 Å². The third-order valence-corrected chi connectivity index (χ3v) is 1.10. The number of alkyl halides is 2. The summed E-state index contributed by atoms with van der Waals surface area (Å²) in [5.74, 6) is -0.626. The maximum absolute atomic E-state index is 11.6. The molecule has 6 heteroatoms. The Balaban J connectivity index is 2.71. The Bertz CT molecular complexity index is 285. The number of aromatic nitrogens is 2. The molecule has 12 heavy (non-hydrogen) atoms. The summed E-state index contributed by atoms with van der Waals surface area (Å²) in [5.41, 5.74) is 0. The van der Waals surface area contributed by atoms with E-state index < -0.39 is 6.61 Å². The van der Waals surface area contributed by atoms with Crippen LogP contribution in [-0.2, 0) is 0 Å². The second-order valence-electron chi connectivity index (χ2n) is 2.00. The van der Waals surface area contributed by atoms with Crippen LogP contribution in [0.1, 0.15) is 11.7 Å². The molecular formula is C6H6F2N2O2. The molecule has 0 unspecified atom stereocenters. The van der Waals surface area contributed by atoms with Crippen LogP contribution in [0.2, 0.25) is 0 Å². The predicted octanol–water partition coefficient (Wildman–Crippen LogP) is 1.14. The van der Waals surface area contributed by atoms with Gasteiger partial charge in [-0.1, -0.05) is 0 Å². The molecule has 0 atom stereocenters. The lowest BCUT2D eigenvalue weighted by Crippen LogP contribution is -2.07. The largest absolute Gasteiger partial charge is 0.415 e. The molecule has 66 valence electrons. The topological polar surface area (TPSA) is 44.1 Å². The van der Waals surface area contributed by atoms with Crippen molar-refractivity contribution in [3.05, 3.63) is 12.3 Å². The zero-order valence-corrected chi connectivity index (χ0v) is 6.20. The highest BCUT2D eigenvalue weighted by Gasteiger charge is 2.07. The fraction of sp³-hybridized carbons (Fsp3) is 0.333. The van der Waals surface area contributed by atoms with E-state index in [1.807, 2.05) is 0 Å². The monoisotopic (exact) mass is 176 g/mol. The molecule has 0 aliphatic heterocycles. The molecule has 0 saturated carbocycles. The van der Waals surface area contributed by atoms with E-state index in [0.29, 0.717) is 0 Å². The van der Waals surface area contributed by atoms with Crippen LogP contribution in [0, 0.1) is 0 Å². The highest BCUT2D eigenvalue weighted by atomic mass is 19.3. The molecule has 0 fully saturated rings. The molecule has 0 aliphatic carbocycles. The van der Waals surface area contributed by atoms with Gasteiger partial charge >= 0.3 is 6.61 Å². The molecule has 0 bridgehead atoms. The van der Waals surface area contributed by atoms with Crippen LogP contribution in [-0.4, -0.2) is 22.3 Å². The van der Waals surface area contributed by atoms with Crippen molar-refractivity contribution in [2.24, 2.45) is 0 Å². The average molecular weight is 176 g/mol. The first-order chi connectivity index (χ1) is 5.59. The third kappa shape index (κ3) is 2.01. The highest BCUT2D eigenvalue weighted by Crippen LogP contribution is 2.08. The number of carbonyl (C=O) groups is 1. The summed E-state index contributed by atoms with van der Waals surface area (Å²) in [5, 5.41) is 3.41. The van der Waals surface area contributed by atoms with E-state index in [2.05, 4.69) is 9.84 Å². The smallest absolute Gasteiger partial charge is 0.388 e. The van der Waals surface area contributed by atoms with Gasteiger partial charge in [0.15, 0.2) is 0 Å². The highest BCUT2D eigenvalue weighted by molar-refractivity contribution is 5.75. The van der Waals surface area contributed by atoms with E-state index in [1.165, 1.54) is 19.2 Å². The summed E-state index contributed by atoms with van der Waals surface area (Å²) >= 11 is 0. The van der Waals surface area contributed by atoms with E-state index in [-0.39, 0.29) is 11.8 Å². The van der Waals surface area contributed by atoms with Crippen molar-refractivity contribution in [1.82, 2.24) is 9.78 Å². The second kappa shape index (κ2) is 3.29. The fourth-order valence-corrected chi connectivity index (χ4v) is 0.637. The Kier molecular flexibility index (Phi) is 2.37. The van der Waals surface area contributed by atoms with Crippen LogP contribution in [0.4, 0.5) is 8.78 Å². The van der Waals surface area contributed by atoms with Gasteiger partial charge in [0.25, 0.3) is 0 Å². The standard InChI is InChI=1S/C6H6F2N2O2/c1-4(11)10-3-2-5(9-10)12-6(7)8/h2-3,6H,1H3. The third-order valence-electron chi connectivity index (χ3n) is 1.10. The average Bonchev–Trinajstić information content (AvgIpc) is 2.34. The molecule has 0 spiro atoms. The Morgan fingerprint density at radius 2 is 2.42 bits per heavy atom. The first-order valence-corrected chi connectivity index (χ1v) is 3.11. The van der Waals surface area contributed by atoms with E-state index in [9.17, 15) is 13.6 Å². The van der Waals surface area contributed by atoms with Gasteiger partial charge in [0.05, 0.1) is 0 Å². The first kappa shape index (κ1) is 8.63. The van der Waals surface area contributed by atoms with Gasteiger partial charge in [-0.15, -0.1) is 5.10 Å². The molecule has 0 amide bonds. The lowest BCUT2D eigenvalue weighted by molar-refractivity contribution is -0.0531. The Labute approximate surface area is 66.7 Å². The molecule has 0 aromatic carbocycles. The lowest BCUT2D eigenvalue weighted by Gasteiger charge is -1.97. The van der Waals surface area contributed by atoms with Gasteiger partial charge in [0.2, 0.25) is 11.8 Å². The molecule has 0 N–H and O–H groups in total. The summed E-state index contributed by atoms with van der Waals surface area (Å²) < 4.78 is 28.0. The Hall–Kier alpha value is -1.46. The van der Waals surface area contributed by atoms with Gasteiger partial charge in [-0.3, -0.25) is 4.79 Å². The SMILES string of the molecule is CC(=O)n1ccc(OC(F)F)n1. The van der Waals surface area contributed by atoms with Crippen molar-refractivity contribution in [2.45, 2.75) is 13.5 Å². The quantitative estimate of drug-likeness (QED) is 0.678. The Morgan fingerprint density at radius 1 is 1.75 bits per heavy atom. The maximum atomic E-state index is 11.6. The van der Waals surface area contributed by atoms with Crippen LogP contribution >= 0.6 is 0 Å². The summed E-state index contributed by atoms with van der Waals surface area (Å²) in [6, 6.07) is 1.19. The van der Waals surface area contributed by atoms with Crippen LogP contribution < -0.4 is 4.74 Å². The summed E-state index contributed by atoms with van der Waals surface area (Å²) in [4.78, 5) is 10.6. The second-order valence-corrected chi connectivity index (χ2v) is 2.00. The minimum atomic E-state index is -2.92. The number of ether oxygens (including phenoxy) is 1. The number of carbonyl (C=O) groups excluding carboxylic acids is 1. The van der Waals surface area contributed by atoms with Gasteiger partial charge < -0.3 is 4.74 Å². The minimum absolute atomic E-state index is 0.264. The molecule has 1 aromatic heterocycles. The number of hydrogen-bond donors (Lipinski definition) is 0. The predicted molar refractivity (Wildman–Crippen MR) is 35.2 cm³/mol. The molecule has 1 aromatic rings. The van der Waals surface area contributed by atoms with E-state index in [0.717, 1.165) is 4.68 Å². The minimum Gasteiger partial charge on any atom is -0.415 e. The lowest BCUT2D eigenvalue weighted by atomic mass is 10.7. The number of halogens is 2. The number of rotatable bonds is 2. The van der Waals surface area contributed by atoms with Crippen molar-refractivity contribution < 1.29 is 18.3 Å². The Morgan fingerprint density at radius 3 is 2.83 bits per heavy atom. The van der Waals surface area contributed by atoms with Crippen LogP contribution in [0.3, 0.4) is 0 Å². The van der Waals surface area contributed by atoms with Crippen molar-refractivity contribution in [2.75, 3.05) is 0 Å². The van der Waals surface area contributed by atoms with Crippen molar-refractivity contribution in [3.8, 4) is 5.88 Å².